The van der Waals surface area contributed by atoms with Crippen LogP contribution < -0.4 is 5.32 Å². The molecule has 0 spiro atoms. The van der Waals surface area contributed by atoms with E-state index in [0.29, 0.717) is 5.69 Å². The van der Waals surface area contributed by atoms with Gasteiger partial charge in [0.1, 0.15) is 0 Å². The van der Waals surface area contributed by atoms with Gasteiger partial charge < -0.3 is 5.32 Å². The van der Waals surface area contributed by atoms with Gasteiger partial charge >= 0.3 is 5.69 Å². The number of anilines is 2. The van der Waals surface area contributed by atoms with E-state index in [0.717, 1.165) is 11.4 Å². The molecule has 0 unspecified atom stereocenters. The lowest BCUT2D eigenvalue weighted by Gasteiger charge is -2.05. The third kappa shape index (κ3) is 2.37. The summed E-state index contributed by atoms with van der Waals surface area (Å²) in [4.78, 5) is 3.10. The number of hydrogen-bond acceptors (Lipinski definition) is 2. The molecule has 2 aromatic carbocycles. The van der Waals surface area contributed by atoms with Gasteiger partial charge in [-0.3, -0.25) is 0 Å². The van der Waals surface area contributed by atoms with Gasteiger partial charge in [-0.05, 0) is 31.2 Å². The maximum Gasteiger partial charge on any atom is 0.385 e. The van der Waals surface area contributed by atoms with Crippen LogP contribution in [0.5, 0.6) is 0 Å². The monoisotopic (exact) mass is 210 g/mol. The summed E-state index contributed by atoms with van der Waals surface area (Å²) in [5.41, 5.74) is 3.80. The molecule has 0 saturated carbocycles. The first kappa shape index (κ1) is 10.2. The molecule has 0 atom stereocenters. The Kier molecular flexibility index (Phi) is 2.84. The van der Waals surface area contributed by atoms with Gasteiger partial charge in [-0.15, -0.1) is 0 Å². The molecule has 0 heterocycles. The van der Waals surface area contributed by atoms with Gasteiger partial charge in [0.05, 0.1) is 0 Å². The highest BCUT2D eigenvalue weighted by molar-refractivity contribution is 5.62. The van der Waals surface area contributed by atoms with E-state index in [1.165, 1.54) is 5.56 Å². The van der Waals surface area contributed by atoms with Crippen LogP contribution in [-0.4, -0.2) is 0 Å². The first-order valence-corrected chi connectivity index (χ1v) is 5.07. The van der Waals surface area contributed by atoms with E-state index < -0.39 is 0 Å². The molecule has 0 amide bonds. The van der Waals surface area contributed by atoms with Crippen molar-refractivity contribution in [3.05, 3.63) is 59.1 Å². The minimum Gasteiger partial charge on any atom is -0.356 e. The number of benzene rings is 2. The van der Waals surface area contributed by atoms with E-state index in [-0.39, 0.29) is 0 Å². The van der Waals surface area contributed by atoms with E-state index in [4.69, 9.17) is 5.39 Å². The smallest absolute Gasteiger partial charge is 0.356 e. The SMILES string of the molecule is Cc1ccc(Nc2ccc([N+]#N)cc2)cc1. The van der Waals surface area contributed by atoms with Crippen LogP contribution in [0.2, 0.25) is 0 Å². The van der Waals surface area contributed by atoms with Gasteiger partial charge in [0.25, 0.3) is 0 Å². The Morgan fingerprint density at radius 2 is 1.38 bits per heavy atom. The maximum absolute atomic E-state index is 8.55. The minimum atomic E-state index is 0.550. The standard InChI is InChI=1S/C13H12N3/c1-10-2-4-11(5-3-10)15-12-6-8-13(16-14)9-7-12/h2-9,15H,1H3/q+1. The van der Waals surface area contributed by atoms with Crippen LogP contribution in [0.15, 0.2) is 48.5 Å². The first-order chi connectivity index (χ1) is 7.78. The third-order valence-electron chi connectivity index (χ3n) is 2.32. The first-order valence-electron chi connectivity index (χ1n) is 5.07. The zero-order chi connectivity index (χ0) is 11.4. The van der Waals surface area contributed by atoms with Gasteiger partial charge in [-0.2, -0.15) is 0 Å². The third-order valence-corrected chi connectivity index (χ3v) is 2.32. The molecule has 2 aromatic rings. The van der Waals surface area contributed by atoms with Gasteiger partial charge in [0.2, 0.25) is 5.39 Å². The Bertz CT molecular complexity index is 506. The fraction of sp³-hybridized carbons (Fsp3) is 0.0769. The van der Waals surface area contributed by atoms with Crippen molar-refractivity contribution in [3.8, 4) is 0 Å². The van der Waals surface area contributed by atoms with Gasteiger partial charge in [-0.1, -0.05) is 17.7 Å². The Morgan fingerprint density at radius 1 is 0.875 bits per heavy atom. The summed E-state index contributed by atoms with van der Waals surface area (Å²) < 4.78 is 0. The molecule has 78 valence electrons. The van der Waals surface area contributed by atoms with Crippen molar-refractivity contribution in [3.63, 3.8) is 0 Å². The number of nitrogens with zero attached hydrogens (tertiary/aromatic N) is 2. The molecule has 16 heavy (non-hydrogen) atoms. The highest BCUT2D eigenvalue weighted by Crippen LogP contribution is 2.20. The molecule has 3 heteroatoms. The second-order valence-corrected chi connectivity index (χ2v) is 3.64. The fourth-order valence-electron chi connectivity index (χ4n) is 1.41. The van der Waals surface area contributed by atoms with Gasteiger partial charge in [0.15, 0.2) is 4.98 Å². The Morgan fingerprint density at radius 3 is 1.88 bits per heavy atom. The van der Waals surface area contributed by atoms with E-state index in [9.17, 15) is 0 Å². The van der Waals surface area contributed by atoms with Crippen LogP contribution in [0.25, 0.3) is 4.98 Å². The second-order valence-electron chi connectivity index (χ2n) is 3.64. The van der Waals surface area contributed by atoms with Crippen molar-refractivity contribution >= 4 is 17.1 Å². The highest BCUT2D eigenvalue weighted by Gasteiger charge is 2.02. The number of hydrogen-bond donors (Lipinski definition) is 1. The molecule has 0 bridgehead atoms. The van der Waals surface area contributed by atoms with E-state index >= 15 is 0 Å². The van der Waals surface area contributed by atoms with Crippen LogP contribution in [0.1, 0.15) is 5.56 Å². The molecule has 0 fully saturated rings. The van der Waals surface area contributed by atoms with Crippen LogP contribution in [0, 0.1) is 12.3 Å². The molecule has 0 saturated heterocycles. The summed E-state index contributed by atoms with van der Waals surface area (Å²) >= 11 is 0. The Hall–Kier alpha value is -2.34. The molecule has 3 nitrogen and oxygen atoms in total. The Labute approximate surface area is 94.4 Å². The van der Waals surface area contributed by atoms with Crippen molar-refractivity contribution in [2.45, 2.75) is 6.92 Å². The lowest BCUT2D eigenvalue weighted by atomic mass is 10.2. The Balaban J connectivity index is 2.15. The molecule has 0 aromatic heterocycles. The number of nitrogens with one attached hydrogen (secondary N) is 1. The quantitative estimate of drug-likeness (QED) is 0.754. The number of rotatable bonds is 2. The summed E-state index contributed by atoms with van der Waals surface area (Å²) in [6.07, 6.45) is 0. The van der Waals surface area contributed by atoms with Crippen molar-refractivity contribution < 1.29 is 0 Å². The summed E-state index contributed by atoms with van der Waals surface area (Å²) in [6.45, 7) is 2.06. The summed E-state index contributed by atoms with van der Waals surface area (Å²) in [5.74, 6) is 0. The maximum atomic E-state index is 8.55. The lowest BCUT2D eigenvalue weighted by molar-refractivity contribution is 1.44. The second kappa shape index (κ2) is 4.45. The van der Waals surface area contributed by atoms with Crippen molar-refractivity contribution in [2.75, 3.05) is 5.32 Å². The molecule has 0 radical (unpaired) electrons. The van der Waals surface area contributed by atoms with Crippen molar-refractivity contribution in [2.24, 2.45) is 0 Å². The zero-order valence-electron chi connectivity index (χ0n) is 9.01. The predicted octanol–water partition coefficient (Wildman–Crippen LogP) is 4.22. The predicted molar refractivity (Wildman–Crippen MR) is 65.6 cm³/mol. The average molecular weight is 210 g/mol. The largest absolute Gasteiger partial charge is 0.385 e. The molecular weight excluding hydrogens is 198 g/mol. The molecule has 1 N–H and O–H groups in total. The average Bonchev–Trinajstić information content (AvgIpc) is 2.33. The van der Waals surface area contributed by atoms with Crippen molar-refractivity contribution in [1.82, 2.24) is 0 Å². The molecular formula is C13H12N3+. The van der Waals surface area contributed by atoms with Crippen molar-refractivity contribution in [1.29, 1.82) is 5.39 Å². The van der Waals surface area contributed by atoms with Crippen LogP contribution in [-0.2, 0) is 0 Å². The summed E-state index contributed by atoms with van der Waals surface area (Å²) in [6, 6.07) is 15.4. The fourth-order valence-corrected chi connectivity index (χ4v) is 1.41. The lowest BCUT2D eigenvalue weighted by Crippen LogP contribution is -1.89. The molecule has 0 aliphatic rings. The van der Waals surface area contributed by atoms with Gasteiger partial charge in [-0.25, -0.2) is 0 Å². The summed E-state index contributed by atoms with van der Waals surface area (Å²) in [7, 11) is 0. The van der Waals surface area contributed by atoms with Crippen LogP contribution in [0.4, 0.5) is 17.1 Å². The van der Waals surface area contributed by atoms with Crippen LogP contribution in [0.3, 0.4) is 0 Å². The molecule has 0 aliphatic carbocycles. The highest BCUT2D eigenvalue weighted by atomic mass is 14.9. The van der Waals surface area contributed by atoms with Crippen LogP contribution >= 0.6 is 0 Å². The normalized spacial score (nSPS) is 9.50. The minimum absolute atomic E-state index is 0.550. The zero-order valence-corrected chi connectivity index (χ0v) is 9.01. The molecule has 2 rings (SSSR count). The van der Waals surface area contributed by atoms with Gasteiger partial charge in [0, 0.05) is 23.5 Å². The molecule has 0 aliphatic heterocycles. The van der Waals surface area contributed by atoms with E-state index in [2.05, 4.69) is 29.3 Å². The number of diazo groups is 1. The summed E-state index contributed by atoms with van der Waals surface area (Å²) in [5, 5.41) is 11.8. The number of aryl methyl sites for hydroxylation is 1. The van der Waals surface area contributed by atoms with E-state index in [1.54, 1.807) is 12.1 Å². The van der Waals surface area contributed by atoms with E-state index in [1.807, 2.05) is 24.3 Å². The topological polar surface area (TPSA) is 40.2 Å².